The molecule has 5 heteroatoms. The van der Waals surface area contributed by atoms with Crippen LogP contribution in [0.1, 0.15) is 12.0 Å². The molecule has 0 saturated carbocycles. The highest BCUT2D eigenvalue weighted by atomic mass is 19.2. The molecule has 0 aliphatic rings. The number of halogens is 2. The number of ether oxygens (including phenoxy) is 1. The Labute approximate surface area is 122 Å². The van der Waals surface area contributed by atoms with Gasteiger partial charge in [0.05, 0.1) is 12.8 Å². The second-order valence-corrected chi connectivity index (χ2v) is 4.74. The first-order valence-electron chi connectivity index (χ1n) is 6.71. The van der Waals surface area contributed by atoms with E-state index in [-0.39, 0.29) is 0 Å². The molecule has 112 valence electrons. The number of nitrogens with two attached hydrogens (primary N) is 1. The first-order chi connectivity index (χ1) is 10.1. The third-order valence-electron chi connectivity index (χ3n) is 3.19. The number of rotatable bonds is 6. The monoisotopic (exact) mass is 292 g/mol. The Kier molecular flexibility index (Phi) is 4.98. The third kappa shape index (κ3) is 4.08. The van der Waals surface area contributed by atoms with Gasteiger partial charge in [-0.15, -0.1) is 0 Å². The first kappa shape index (κ1) is 15.1. The number of hydrogen-bond donors (Lipinski definition) is 2. The highest BCUT2D eigenvalue weighted by Gasteiger charge is 2.03. The van der Waals surface area contributed by atoms with Crippen LogP contribution in [0.3, 0.4) is 0 Å². The first-order valence-corrected chi connectivity index (χ1v) is 6.71. The molecule has 3 nitrogen and oxygen atoms in total. The Morgan fingerprint density at radius 3 is 2.57 bits per heavy atom. The van der Waals surface area contributed by atoms with E-state index >= 15 is 0 Å². The Hall–Kier alpha value is -2.30. The summed E-state index contributed by atoms with van der Waals surface area (Å²) in [4.78, 5) is 0. The van der Waals surface area contributed by atoms with Crippen LogP contribution in [0.15, 0.2) is 36.4 Å². The van der Waals surface area contributed by atoms with E-state index in [0.717, 1.165) is 30.5 Å². The number of benzene rings is 2. The molecule has 0 fully saturated rings. The van der Waals surface area contributed by atoms with Gasteiger partial charge in [0.15, 0.2) is 11.6 Å². The summed E-state index contributed by atoms with van der Waals surface area (Å²) >= 11 is 0. The summed E-state index contributed by atoms with van der Waals surface area (Å²) in [5.74, 6) is -1.02. The standard InChI is InChI=1S/C16H18F2N2O/c1-21-16-7-4-11(9-15(16)19)3-2-8-20-12-5-6-13(17)14(18)10-12/h4-7,9-10,20H,2-3,8,19H2,1H3. The normalized spacial score (nSPS) is 10.4. The van der Waals surface area contributed by atoms with Crippen LogP contribution in [0.5, 0.6) is 5.75 Å². The van der Waals surface area contributed by atoms with E-state index in [0.29, 0.717) is 23.7 Å². The van der Waals surface area contributed by atoms with E-state index in [4.69, 9.17) is 10.5 Å². The molecule has 21 heavy (non-hydrogen) atoms. The van der Waals surface area contributed by atoms with Crippen LogP contribution >= 0.6 is 0 Å². The van der Waals surface area contributed by atoms with Crippen molar-refractivity contribution in [2.45, 2.75) is 12.8 Å². The minimum absolute atomic E-state index is 0.572. The fraction of sp³-hybridized carbons (Fsp3) is 0.250. The molecule has 0 spiro atoms. The third-order valence-corrected chi connectivity index (χ3v) is 3.19. The lowest BCUT2D eigenvalue weighted by atomic mass is 10.1. The zero-order valence-electron chi connectivity index (χ0n) is 11.8. The second-order valence-electron chi connectivity index (χ2n) is 4.74. The number of nitrogen functional groups attached to an aromatic ring is 1. The number of hydrogen-bond acceptors (Lipinski definition) is 3. The number of nitrogens with one attached hydrogen (secondary N) is 1. The van der Waals surface area contributed by atoms with Crippen LogP contribution in [0.2, 0.25) is 0 Å². The molecular weight excluding hydrogens is 274 g/mol. The van der Waals surface area contributed by atoms with Gasteiger partial charge in [0.2, 0.25) is 0 Å². The van der Waals surface area contributed by atoms with Gasteiger partial charge >= 0.3 is 0 Å². The van der Waals surface area contributed by atoms with Crippen molar-refractivity contribution in [3.63, 3.8) is 0 Å². The van der Waals surface area contributed by atoms with E-state index in [9.17, 15) is 8.78 Å². The largest absolute Gasteiger partial charge is 0.495 e. The van der Waals surface area contributed by atoms with E-state index in [1.54, 1.807) is 7.11 Å². The molecule has 2 rings (SSSR count). The molecule has 0 aliphatic heterocycles. The van der Waals surface area contributed by atoms with E-state index in [1.807, 2.05) is 18.2 Å². The van der Waals surface area contributed by atoms with Crippen LogP contribution in [0, 0.1) is 11.6 Å². The Morgan fingerprint density at radius 1 is 1.10 bits per heavy atom. The average Bonchev–Trinajstić information content (AvgIpc) is 2.47. The molecular formula is C16H18F2N2O. The molecule has 0 atom stereocenters. The minimum atomic E-state index is -0.845. The van der Waals surface area contributed by atoms with E-state index < -0.39 is 11.6 Å². The lowest BCUT2D eigenvalue weighted by Gasteiger charge is -2.09. The van der Waals surface area contributed by atoms with Crippen LogP contribution in [0.25, 0.3) is 0 Å². The van der Waals surface area contributed by atoms with Crippen molar-refractivity contribution in [1.82, 2.24) is 0 Å². The lowest BCUT2D eigenvalue weighted by Crippen LogP contribution is -2.04. The van der Waals surface area contributed by atoms with Crippen molar-refractivity contribution in [3.05, 3.63) is 53.6 Å². The van der Waals surface area contributed by atoms with Gasteiger partial charge in [-0.1, -0.05) is 6.07 Å². The molecule has 0 aliphatic carbocycles. The number of methoxy groups -OCH3 is 1. The molecule has 0 bridgehead atoms. The van der Waals surface area contributed by atoms with Gasteiger partial charge in [-0.25, -0.2) is 8.78 Å². The van der Waals surface area contributed by atoms with Gasteiger partial charge in [0.1, 0.15) is 5.75 Å². The van der Waals surface area contributed by atoms with Crippen molar-refractivity contribution in [2.75, 3.05) is 24.7 Å². The van der Waals surface area contributed by atoms with E-state index in [2.05, 4.69) is 5.32 Å². The van der Waals surface area contributed by atoms with Crippen LogP contribution < -0.4 is 15.8 Å². The SMILES string of the molecule is COc1ccc(CCCNc2ccc(F)c(F)c2)cc1N. The van der Waals surface area contributed by atoms with Crippen molar-refractivity contribution in [2.24, 2.45) is 0 Å². The zero-order valence-corrected chi connectivity index (χ0v) is 11.8. The van der Waals surface area contributed by atoms with Crippen molar-refractivity contribution in [1.29, 1.82) is 0 Å². The smallest absolute Gasteiger partial charge is 0.160 e. The molecule has 0 unspecified atom stereocenters. The maximum Gasteiger partial charge on any atom is 0.160 e. The summed E-state index contributed by atoms with van der Waals surface area (Å²) in [5.41, 5.74) is 8.14. The van der Waals surface area contributed by atoms with Crippen LogP contribution in [-0.2, 0) is 6.42 Å². The lowest BCUT2D eigenvalue weighted by molar-refractivity contribution is 0.417. The van der Waals surface area contributed by atoms with Crippen LogP contribution in [0.4, 0.5) is 20.2 Å². The molecule has 3 N–H and O–H groups in total. The molecule has 0 saturated heterocycles. The summed E-state index contributed by atoms with van der Waals surface area (Å²) in [5, 5.41) is 3.06. The Bertz CT molecular complexity index is 617. The minimum Gasteiger partial charge on any atom is -0.495 e. The summed E-state index contributed by atoms with van der Waals surface area (Å²) in [7, 11) is 1.58. The number of anilines is 2. The average molecular weight is 292 g/mol. The second kappa shape index (κ2) is 6.92. The van der Waals surface area contributed by atoms with Gasteiger partial charge < -0.3 is 15.8 Å². The summed E-state index contributed by atoms with van der Waals surface area (Å²) < 4.78 is 30.9. The summed E-state index contributed by atoms with van der Waals surface area (Å²) in [6, 6.07) is 9.48. The fourth-order valence-electron chi connectivity index (χ4n) is 2.07. The maximum absolute atomic E-state index is 13.0. The van der Waals surface area contributed by atoms with Gasteiger partial charge in [-0.05, 0) is 48.7 Å². The Morgan fingerprint density at radius 2 is 1.90 bits per heavy atom. The molecule has 0 amide bonds. The van der Waals surface area contributed by atoms with Crippen molar-refractivity contribution in [3.8, 4) is 5.75 Å². The van der Waals surface area contributed by atoms with Gasteiger partial charge in [-0.2, -0.15) is 0 Å². The fourth-order valence-corrected chi connectivity index (χ4v) is 2.07. The molecule has 0 radical (unpaired) electrons. The predicted octanol–water partition coefficient (Wildman–Crippen LogP) is 3.60. The maximum atomic E-state index is 13.0. The summed E-state index contributed by atoms with van der Waals surface area (Å²) in [6.07, 6.45) is 1.69. The number of aryl methyl sites for hydroxylation is 1. The quantitative estimate of drug-likeness (QED) is 0.631. The topological polar surface area (TPSA) is 47.3 Å². The molecule has 0 aromatic heterocycles. The Balaban J connectivity index is 1.81. The highest BCUT2D eigenvalue weighted by molar-refractivity contribution is 5.54. The highest BCUT2D eigenvalue weighted by Crippen LogP contribution is 2.22. The van der Waals surface area contributed by atoms with E-state index in [1.165, 1.54) is 6.07 Å². The van der Waals surface area contributed by atoms with Crippen molar-refractivity contribution < 1.29 is 13.5 Å². The molecule has 0 heterocycles. The van der Waals surface area contributed by atoms with Gasteiger partial charge in [0.25, 0.3) is 0 Å². The van der Waals surface area contributed by atoms with Gasteiger partial charge in [0, 0.05) is 12.2 Å². The predicted molar refractivity (Wildman–Crippen MR) is 80.6 cm³/mol. The molecule has 2 aromatic rings. The zero-order chi connectivity index (χ0) is 15.2. The van der Waals surface area contributed by atoms with Gasteiger partial charge in [-0.3, -0.25) is 0 Å². The summed E-state index contributed by atoms with van der Waals surface area (Å²) in [6.45, 7) is 0.664. The van der Waals surface area contributed by atoms with Crippen molar-refractivity contribution >= 4 is 11.4 Å². The van der Waals surface area contributed by atoms with Crippen LogP contribution in [-0.4, -0.2) is 13.7 Å². The molecule has 2 aromatic carbocycles.